The first-order valence-corrected chi connectivity index (χ1v) is 6.86. The number of carbonyl (C=O) groups excluding carboxylic acids is 1. The molecular formula is C10H18N2O3S. The summed E-state index contributed by atoms with van der Waals surface area (Å²) in [7, 11) is -3.51. The van der Waals surface area contributed by atoms with Gasteiger partial charge in [0.1, 0.15) is 0 Å². The third-order valence-corrected chi connectivity index (χ3v) is 4.61. The molecule has 1 aliphatic rings. The lowest BCUT2D eigenvalue weighted by Gasteiger charge is -2.25. The average Bonchev–Trinajstić information content (AvgIpc) is 3.00. The molecule has 92 valence electrons. The van der Waals surface area contributed by atoms with E-state index in [0.717, 1.165) is 0 Å². The van der Waals surface area contributed by atoms with E-state index >= 15 is 0 Å². The predicted octanol–water partition coefficient (Wildman–Crippen LogP) is 0.278. The standard InChI is InChI=1S/C10H18N2O3S/c1-3-7-10(11,4-2)9(13)12-16(14,15)8-5-6-8/h3,8H,1,4-7,11H2,2H3,(H,12,13)/t10-/m1/s1. The second kappa shape index (κ2) is 4.55. The van der Waals surface area contributed by atoms with Crippen LogP contribution in [0.1, 0.15) is 32.6 Å². The molecule has 0 spiro atoms. The third kappa shape index (κ3) is 2.82. The van der Waals surface area contributed by atoms with Gasteiger partial charge in [-0.05, 0) is 25.7 Å². The lowest BCUT2D eigenvalue weighted by atomic mass is 9.93. The Morgan fingerprint density at radius 1 is 1.62 bits per heavy atom. The smallest absolute Gasteiger partial charge is 0.253 e. The molecule has 1 amide bonds. The summed E-state index contributed by atoms with van der Waals surface area (Å²) in [5.41, 5.74) is 4.65. The first-order chi connectivity index (χ1) is 7.35. The SMILES string of the molecule is C=CC[C@](N)(CC)C(=O)NS(=O)(=O)C1CC1. The van der Waals surface area contributed by atoms with Gasteiger partial charge in [-0.2, -0.15) is 0 Å². The van der Waals surface area contributed by atoms with Crippen molar-refractivity contribution in [2.45, 2.75) is 43.4 Å². The minimum absolute atomic E-state index is 0.259. The highest BCUT2D eigenvalue weighted by Gasteiger charge is 2.40. The molecule has 0 aromatic heterocycles. The molecule has 0 bridgehead atoms. The lowest BCUT2D eigenvalue weighted by molar-refractivity contribution is -0.124. The number of hydrogen-bond acceptors (Lipinski definition) is 4. The normalized spacial score (nSPS) is 19.9. The Labute approximate surface area is 96.1 Å². The summed E-state index contributed by atoms with van der Waals surface area (Å²) in [5.74, 6) is -0.637. The van der Waals surface area contributed by atoms with E-state index in [-0.39, 0.29) is 6.42 Å². The highest BCUT2D eigenvalue weighted by molar-refractivity contribution is 7.90. The topological polar surface area (TPSA) is 89.3 Å². The van der Waals surface area contributed by atoms with E-state index in [1.165, 1.54) is 6.08 Å². The van der Waals surface area contributed by atoms with Gasteiger partial charge in [0.2, 0.25) is 10.0 Å². The van der Waals surface area contributed by atoms with Gasteiger partial charge in [0, 0.05) is 0 Å². The molecule has 0 aromatic rings. The van der Waals surface area contributed by atoms with E-state index in [9.17, 15) is 13.2 Å². The van der Waals surface area contributed by atoms with Crippen molar-refractivity contribution in [3.8, 4) is 0 Å². The summed E-state index contributed by atoms with van der Waals surface area (Å²) in [5, 5.41) is -0.415. The minimum atomic E-state index is -3.51. The molecule has 1 fully saturated rings. The van der Waals surface area contributed by atoms with Crippen LogP contribution in [0.4, 0.5) is 0 Å². The van der Waals surface area contributed by atoms with Gasteiger partial charge in [0.05, 0.1) is 10.8 Å². The number of rotatable bonds is 6. The second-order valence-electron chi connectivity index (χ2n) is 4.18. The summed E-state index contributed by atoms with van der Waals surface area (Å²) in [4.78, 5) is 11.8. The molecule has 0 aliphatic heterocycles. The zero-order valence-electron chi connectivity index (χ0n) is 9.40. The van der Waals surface area contributed by atoms with Crippen LogP contribution in [0, 0.1) is 0 Å². The van der Waals surface area contributed by atoms with Crippen molar-refractivity contribution in [2.24, 2.45) is 5.73 Å². The summed E-state index contributed by atoms with van der Waals surface area (Å²) < 4.78 is 25.2. The van der Waals surface area contributed by atoms with E-state index in [1.54, 1.807) is 6.92 Å². The van der Waals surface area contributed by atoms with Crippen LogP contribution in [0.5, 0.6) is 0 Å². The highest BCUT2D eigenvalue weighted by atomic mass is 32.2. The lowest BCUT2D eigenvalue weighted by Crippen LogP contribution is -2.55. The molecule has 1 saturated carbocycles. The number of nitrogens with two attached hydrogens (primary N) is 1. The van der Waals surface area contributed by atoms with Gasteiger partial charge >= 0.3 is 0 Å². The molecule has 0 radical (unpaired) electrons. The number of carbonyl (C=O) groups is 1. The summed E-state index contributed by atoms with van der Waals surface area (Å²) in [6, 6.07) is 0. The molecule has 1 aliphatic carbocycles. The molecule has 0 unspecified atom stereocenters. The molecule has 16 heavy (non-hydrogen) atoms. The Bertz CT molecular complexity index is 387. The molecule has 5 nitrogen and oxygen atoms in total. The molecule has 1 rings (SSSR count). The highest BCUT2D eigenvalue weighted by Crippen LogP contribution is 2.27. The summed E-state index contributed by atoms with van der Waals surface area (Å²) in [6.45, 7) is 5.25. The van der Waals surface area contributed by atoms with Gasteiger partial charge in [-0.3, -0.25) is 9.52 Å². The number of sulfonamides is 1. The van der Waals surface area contributed by atoms with Crippen molar-refractivity contribution in [1.82, 2.24) is 4.72 Å². The van der Waals surface area contributed by atoms with Gasteiger partial charge in [-0.25, -0.2) is 8.42 Å². The molecular weight excluding hydrogens is 228 g/mol. The Kier molecular flexibility index (Phi) is 3.75. The number of hydrogen-bond donors (Lipinski definition) is 2. The fourth-order valence-corrected chi connectivity index (χ4v) is 2.73. The van der Waals surface area contributed by atoms with Crippen LogP contribution in [-0.4, -0.2) is 25.1 Å². The zero-order chi connectivity index (χ0) is 12.4. The number of nitrogens with one attached hydrogen (secondary N) is 1. The van der Waals surface area contributed by atoms with Crippen LogP contribution in [0.3, 0.4) is 0 Å². The molecule has 1 atom stereocenters. The predicted molar refractivity (Wildman–Crippen MR) is 62.1 cm³/mol. The van der Waals surface area contributed by atoms with Crippen LogP contribution in [0.2, 0.25) is 0 Å². The van der Waals surface area contributed by atoms with E-state index in [0.29, 0.717) is 19.3 Å². The first-order valence-electron chi connectivity index (χ1n) is 5.31. The maximum Gasteiger partial charge on any atom is 0.253 e. The molecule has 0 aromatic carbocycles. The molecule has 6 heteroatoms. The average molecular weight is 246 g/mol. The van der Waals surface area contributed by atoms with E-state index in [4.69, 9.17) is 5.73 Å². The van der Waals surface area contributed by atoms with Crippen molar-refractivity contribution in [3.63, 3.8) is 0 Å². The van der Waals surface area contributed by atoms with Gasteiger partial charge < -0.3 is 5.73 Å². The second-order valence-corrected chi connectivity index (χ2v) is 6.14. The van der Waals surface area contributed by atoms with E-state index in [2.05, 4.69) is 11.3 Å². The van der Waals surface area contributed by atoms with Gasteiger partial charge in [0.25, 0.3) is 5.91 Å². The fraction of sp³-hybridized carbons (Fsp3) is 0.700. The van der Waals surface area contributed by atoms with Crippen molar-refractivity contribution in [2.75, 3.05) is 0 Å². The Morgan fingerprint density at radius 2 is 2.19 bits per heavy atom. The molecule has 0 heterocycles. The van der Waals surface area contributed by atoms with Gasteiger partial charge in [-0.1, -0.05) is 13.0 Å². The Balaban J connectivity index is 2.73. The summed E-state index contributed by atoms with van der Waals surface area (Å²) >= 11 is 0. The number of amides is 1. The minimum Gasteiger partial charge on any atom is -0.317 e. The van der Waals surface area contributed by atoms with Crippen molar-refractivity contribution in [3.05, 3.63) is 12.7 Å². The zero-order valence-corrected chi connectivity index (χ0v) is 10.2. The van der Waals surface area contributed by atoms with E-state index in [1.807, 2.05) is 0 Å². The largest absolute Gasteiger partial charge is 0.317 e. The van der Waals surface area contributed by atoms with E-state index < -0.39 is 26.7 Å². The fourth-order valence-electron chi connectivity index (χ4n) is 1.35. The van der Waals surface area contributed by atoms with Crippen molar-refractivity contribution in [1.29, 1.82) is 0 Å². The van der Waals surface area contributed by atoms with Crippen LogP contribution in [0.15, 0.2) is 12.7 Å². The quantitative estimate of drug-likeness (QED) is 0.659. The monoisotopic (exact) mass is 246 g/mol. The first kappa shape index (κ1) is 13.2. The van der Waals surface area contributed by atoms with Gasteiger partial charge in [0.15, 0.2) is 0 Å². The van der Waals surface area contributed by atoms with Gasteiger partial charge in [-0.15, -0.1) is 6.58 Å². The molecule has 0 saturated heterocycles. The van der Waals surface area contributed by atoms with Crippen molar-refractivity contribution < 1.29 is 13.2 Å². The Morgan fingerprint density at radius 3 is 2.56 bits per heavy atom. The Hall–Kier alpha value is -0.880. The maximum atomic E-state index is 11.8. The van der Waals surface area contributed by atoms with Crippen LogP contribution < -0.4 is 10.5 Å². The molecule has 3 N–H and O–H groups in total. The maximum absolute atomic E-state index is 11.8. The van der Waals surface area contributed by atoms with Crippen LogP contribution in [0.25, 0.3) is 0 Å². The summed E-state index contributed by atoms with van der Waals surface area (Å²) in [6.07, 6.45) is 3.38. The van der Waals surface area contributed by atoms with Crippen molar-refractivity contribution >= 4 is 15.9 Å². The third-order valence-electron chi connectivity index (χ3n) is 2.79. The van der Waals surface area contributed by atoms with Crippen LogP contribution in [-0.2, 0) is 14.8 Å². The van der Waals surface area contributed by atoms with Crippen LogP contribution >= 0.6 is 0 Å².